The predicted octanol–water partition coefficient (Wildman–Crippen LogP) is 21.2. The van der Waals surface area contributed by atoms with Crippen LogP contribution >= 0.6 is 0 Å². The molecule has 6 heteroatoms. The summed E-state index contributed by atoms with van der Waals surface area (Å²) in [5.74, 6) is -0.977. The summed E-state index contributed by atoms with van der Waals surface area (Å²) in [4.78, 5) is 38.1. The summed E-state index contributed by atoms with van der Waals surface area (Å²) in [5.41, 5.74) is 0. The Morgan fingerprint density at radius 2 is 0.569 bits per heavy atom. The van der Waals surface area contributed by atoms with Crippen LogP contribution in [0.3, 0.4) is 0 Å². The fourth-order valence-corrected chi connectivity index (χ4v) is 9.10. The summed E-state index contributed by atoms with van der Waals surface area (Å²) in [6, 6.07) is 0. The van der Waals surface area contributed by atoms with Gasteiger partial charge in [0.2, 0.25) is 0 Å². The van der Waals surface area contributed by atoms with Gasteiger partial charge in [-0.2, -0.15) is 0 Å². The van der Waals surface area contributed by atoms with E-state index in [1.807, 2.05) is 6.08 Å². The molecular weight excluding hydrogens is 889 g/mol. The second-order valence-corrected chi connectivity index (χ2v) is 20.9. The number of rotatable bonds is 57. The zero-order valence-electron chi connectivity index (χ0n) is 47.9. The van der Waals surface area contributed by atoms with Crippen molar-refractivity contribution in [3.8, 4) is 0 Å². The fourth-order valence-electron chi connectivity index (χ4n) is 9.10. The summed E-state index contributed by atoms with van der Waals surface area (Å²) in [7, 11) is 0. The Balaban J connectivity index is 4.22. The molecule has 1 atom stereocenters. The van der Waals surface area contributed by atoms with Gasteiger partial charge >= 0.3 is 17.9 Å². The van der Waals surface area contributed by atoms with Gasteiger partial charge < -0.3 is 14.2 Å². The zero-order chi connectivity index (χ0) is 52.2. The van der Waals surface area contributed by atoms with Gasteiger partial charge in [0.05, 0.1) is 0 Å². The van der Waals surface area contributed by atoms with Crippen LogP contribution in [0.4, 0.5) is 0 Å². The Morgan fingerprint density at radius 3 is 0.931 bits per heavy atom. The van der Waals surface area contributed by atoms with Crippen molar-refractivity contribution in [2.24, 2.45) is 0 Å². The molecule has 1 unspecified atom stereocenters. The van der Waals surface area contributed by atoms with E-state index < -0.39 is 6.10 Å². The highest BCUT2D eigenvalue weighted by Gasteiger charge is 2.19. The molecule has 0 radical (unpaired) electrons. The van der Waals surface area contributed by atoms with Crippen molar-refractivity contribution in [2.75, 3.05) is 13.2 Å². The highest BCUT2D eigenvalue weighted by Crippen LogP contribution is 2.17. The monoisotopic (exact) mass is 1010 g/mol. The molecule has 6 nitrogen and oxygen atoms in total. The Morgan fingerprint density at radius 1 is 0.292 bits per heavy atom. The maximum Gasteiger partial charge on any atom is 0.306 e. The van der Waals surface area contributed by atoms with Crippen LogP contribution in [0.25, 0.3) is 0 Å². The first-order valence-corrected chi connectivity index (χ1v) is 31.3. The van der Waals surface area contributed by atoms with Crippen molar-refractivity contribution in [3.05, 3.63) is 60.8 Å². The quantitative estimate of drug-likeness (QED) is 0.0261. The first-order valence-electron chi connectivity index (χ1n) is 31.3. The number of hydrogen-bond acceptors (Lipinski definition) is 6. The number of ether oxygens (including phenoxy) is 3. The minimum Gasteiger partial charge on any atom is -0.462 e. The average Bonchev–Trinajstić information content (AvgIpc) is 3.38. The van der Waals surface area contributed by atoms with Crippen molar-refractivity contribution in [2.45, 2.75) is 329 Å². The molecule has 0 spiro atoms. The molecule has 0 fully saturated rings. The topological polar surface area (TPSA) is 78.9 Å². The molecule has 0 aliphatic carbocycles. The van der Waals surface area contributed by atoms with Gasteiger partial charge in [0, 0.05) is 19.3 Å². The lowest BCUT2D eigenvalue weighted by molar-refractivity contribution is -0.166. The van der Waals surface area contributed by atoms with E-state index in [9.17, 15) is 14.4 Å². The molecule has 0 amide bonds. The van der Waals surface area contributed by atoms with Crippen LogP contribution in [0.1, 0.15) is 323 Å². The molecule has 0 saturated heterocycles. The largest absolute Gasteiger partial charge is 0.462 e. The molecule has 0 aromatic rings. The fraction of sp³-hybridized carbons (Fsp3) is 0.803. The van der Waals surface area contributed by atoms with E-state index in [0.717, 1.165) is 77.0 Å². The molecular formula is C66H118O6. The summed E-state index contributed by atoms with van der Waals surface area (Å²) >= 11 is 0. The molecule has 0 aliphatic rings. The summed E-state index contributed by atoms with van der Waals surface area (Å²) < 4.78 is 16.8. The van der Waals surface area contributed by atoms with Gasteiger partial charge in [-0.1, -0.05) is 293 Å². The van der Waals surface area contributed by atoms with Crippen LogP contribution in [0.2, 0.25) is 0 Å². The predicted molar refractivity (Wildman–Crippen MR) is 312 cm³/mol. The highest BCUT2D eigenvalue weighted by molar-refractivity contribution is 5.71. The van der Waals surface area contributed by atoms with Gasteiger partial charge in [-0.3, -0.25) is 14.4 Å². The molecule has 0 aliphatic heterocycles. The molecule has 0 N–H and O–H groups in total. The first-order chi connectivity index (χ1) is 35.5. The normalized spacial score (nSPS) is 12.4. The van der Waals surface area contributed by atoms with Gasteiger partial charge in [-0.15, -0.1) is 0 Å². The Bertz CT molecular complexity index is 1290. The van der Waals surface area contributed by atoms with Crippen LogP contribution in [-0.2, 0) is 28.6 Å². The standard InChI is InChI=1S/C66H118O6/c1-4-7-10-13-16-19-22-25-27-28-29-30-31-32-33-34-35-36-37-38-39-42-44-47-50-53-56-59-65(68)71-62-63(61-70-64(67)58-55-52-49-46-43-40-24-21-18-15-12-9-6-3)72-66(69)60-57-54-51-48-45-41-26-23-20-17-14-11-8-5-2/h9,12,18,21,23,26,40,43,49,52,63H,4-8,10-11,13-17,19-20,22,24-25,27-39,41-42,44-48,50-51,53-62H2,1-3H3/b12-9-,21-18-,26-23-,43-40-,52-49-. The number of esters is 3. The highest BCUT2D eigenvalue weighted by atomic mass is 16.6. The van der Waals surface area contributed by atoms with E-state index in [1.165, 1.54) is 199 Å². The third kappa shape index (κ3) is 58.0. The molecule has 0 heterocycles. The van der Waals surface area contributed by atoms with E-state index in [1.54, 1.807) is 0 Å². The van der Waals surface area contributed by atoms with E-state index in [4.69, 9.17) is 14.2 Å². The van der Waals surface area contributed by atoms with Gasteiger partial charge in [-0.05, 0) is 70.6 Å². The van der Waals surface area contributed by atoms with Crippen LogP contribution in [0, 0.1) is 0 Å². The molecule has 0 aromatic heterocycles. The Labute approximate surface area is 447 Å². The molecule has 0 rings (SSSR count). The summed E-state index contributed by atoms with van der Waals surface area (Å²) in [6.07, 6.45) is 76.9. The van der Waals surface area contributed by atoms with Crippen LogP contribution in [0.5, 0.6) is 0 Å². The third-order valence-electron chi connectivity index (χ3n) is 13.8. The lowest BCUT2D eigenvalue weighted by atomic mass is 10.0. The van der Waals surface area contributed by atoms with Crippen LogP contribution in [-0.4, -0.2) is 37.2 Å². The Hall–Kier alpha value is -2.89. The van der Waals surface area contributed by atoms with Crippen LogP contribution < -0.4 is 0 Å². The number of carbonyl (C=O) groups is 3. The maximum atomic E-state index is 12.8. The summed E-state index contributed by atoms with van der Waals surface area (Å²) in [6.45, 7) is 6.48. The van der Waals surface area contributed by atoms with E-state index >= 15 is 0 Å². The van der Waals surface area contributed by atoms with Crippen molar-refractivity contribution in [1.82, 2.24) is 0 Å². The first kappa shape index (κ1) is 69.1. The smallest absolute Gasteiger partial charge is 0.306 e. The zero-order valence-corrected chi connectivity index (χ0v) is 47.9. The molecule has 0 bridgehead atoms. The Kier molecular flexibility index (Phi) is 58.2. The van der Waals surface area contributed by atoms with Crippen molar-refractivity contribution in [1.29, 1.82) is 0 Å². The van der Waals surface area contributed by atoms with Gasteiger partial charge in [0.25, 0.3) is 0 Å². The van der Waals surface area contributed by atoms with Gasteiger partial charge in [0.1, 0.15) is 13.2 Å². The van der Waals surface area contributed by atoms with E-state index in [-0.39, 0.29) is 37.5 Å². The molecule has 0 saturated carbocycles. The summed E-state index contributed by atoms with van der Waals surface area (Å²) in [5, 5.41) is 0. The van der Waals surface area contributed by atoms with Crippen molar-refractivity contribution < 1.29 is 28.6 Å². The minimum absolute atomic E-state index is 0.0967. The second kappa shape index (κ2) is 60.7. The van der Waals surface area contributed by atoms with Crippen molar-refractivity contribution in [3.63, 3.8) is 0 Å². The minimum atomic E-state index is -0.806. The lowest BCUT2D eigenvalue weighted by Gasteiger charge is -2.18. The lowest BCUT2D eigenvalue weighted by Crippen LogP contribution is -2.30. The molecule has 418 valence electrons. The number of unbranched alkanes of at least 4 members (excludes halogenated alkanes) is 36. The molecule has 72 heavy (non-hydrogen) atoms. The number of allylic oxidation sites excluding steroid dienone is 10. The second-order valence-electron chi connectivity index (χ2n) is 20.9. The van der Waals surface area contributed by atoms with Crippen LogP contribution in [0.15, 0.2) is 60.8 Å². The van der Waals surface area contributed by atoms with Crippen molar-refractivity contribution >= 4 is 17.9 Å². The van der Waals surface area contributed by atoms with Gasteiger partial charge in [0.15, 0.2) is 6.10 Å². The number of carbonyl (C=O) groups excluding carboxylic acids is 3. The SMILES string of the molecule is CC/C=C\C/C=C\C/C=C\C/C=C\CCC(=O)OCC(COC(=O)CCCCCCCCCCCCCCCCCCCCCCCCCCCCC)OC(=O)CCCCCCC/C=C\CCCCCCC. The molecule has 0 aromatic carbocycles. The number of hydrogen-bond donors (Lipinski definition) is 0. The van der Waals surface area contributed by atoms with E-state index in [2.05, 4.69) is 75.5 Å². The van der Waals surface area contributed by atoms with E-state index in [0.29, 0.717) is 19.3 Å². The third-order valence-corrected chi connectivity index (χ3v) is 13.8. The maximum absolute atomic E-state index is 12.8. The van der Waals surface area contributed by atoms with Gasteiger partial charge in [-0.25, -0.2) is 0 Å². The average molecular weight is 1010 g/mol.